The maximum absolute atomic E-state index is 12.8. The summed E-state index contributed by atoms with van der Waals surface area (Å²) >= 11 is 0. The molecule has 0 spiro atoms. The third-order valence-corrected chi connectivity index (χ3v) is 6.28. The Balaban J connectivity index is 1.53. The Morgan fingerprint density at radius 2 is 1.56 bits per heavy atom. The highest BCUT2D eigenvalue weighted by molar-refractivity contribution is 5.97. The Morgan fingerprint density at radius 3 is 2.00 bits per heavy atom. The van der Waals surface area contributed by atoms with E-state index in [1.807, 2.05) is 5.32 Å². The summed E-state index contributed by atoms with van der Waals surface area (Å²) in [5.41, 5.74) is 4.60. The first-order valence-electron chi connectivity index (χ1n) is 9.76. The number of ether oxygens (including phenoxy) is 1. The molecule has 4 N–H and O–H groups in total. The second-order valence-electron chi connectivity index (χ2n) is 8.89. The first kappa shape index (κ1) is 19.6. The fourth-order valence-electron chi connectivity index (χ4n) is 5.60. The molecule has 4 aliphatic carbocycles. The van der Waals surface area contributed by atoms with Gasteiger partial charge in [-0.3, -0.25) is 19.7 Å². The molecule has 4 aliphatic rings. The van der Waals surface area contributed by atoms with Gasteiger partial charge < -0.3 is 15.8 Å². The lowest BCUT2D eigenvalue weighted by Crippen LogP contribution is -2.54. The molecular formula is C19H29N3O5. The highest BCUT2D eigenvalue weighted by Gasteiger charge is 2.54. The van der Waals surface area contributed by atoms with Crippen molar-refractivity contribution in [3.05, 3.63) is 0 Å². The van der Waals surface area contributed by atoms with E-state index in [4.69, 9.17) is 10.5 Å². The zero-order chi connectivity index (χ0) is 19.8. The molecule has 0 unspecified atom stereocenters. The number of imide groups is 1. The van der Waals surface area contributed by atoms with Gasteiger partial charge in [0.25, 0.3) is 5.91 Å². The van der Waals surface area contributed by atoms with Gasteiger partial charge in [0.05, 0.1) is 0 Å². The van der Waals surface area contributed by atoms with Crippen molar-refractivity contribution in [2.45, 2.75) is 58.5 Å². The van der Waals surface area contributed by atoms with Crippen molar-refractivity contribution < 1.29 is 23.9 Å². The quantitative estimate of drug-likeness (QED) is 0.595. The molecule has 1 atom stereocenters. The van der Waals surface area contributed by atoms with Crippen molar-refractivity contribution >= 4 is 23.8 Å². The van der Waals surface area contributed by atoms with Gasteiger partial charge in [0.15, 0.2) is 6.10 Å². The van der Waals surface area contributed by atoms with Crippen molar-refractivity contribution in [1.29, 1.82) is 0 Å². The van der Waals surface area contributed by atoms with Crippen LogP contribution in [-0.2, 0) is 19.1 Å². The minimum absolute atomic E-state index is 0.0683. The molecule has 0 aromatic rings. The lowest BCUT2D eigenvalue weighted by Gasteiger charge is -2.55. The summed E-state index contributed by atoms with van der Waals surface area (Å²) in [6.07, 6.45) is 5.31. The monoisotopic (exact) mass is 379 g/mol. The fraction of sp³-hybridized carbons (Fsp3) is 0.789. The van der Waals surface area contributed by atoms with Gasteiger partial charge in [0.1, 0.15) is 6.54 Å². The van der Waals surface area contributed by atoms with Crippen LogP contribution < -0.4 is 16.4 Å². The van der Waals surface area contributed by atoms with E-state index in [-0.39, 0.29) is 23.8 Å². The zero-order valence-corrected chi connectivity index (χ0v) is 16.0. The average molecular weight is 379 g/mol. The van der Waals surface area contributed by atoms with Crippen LogP contribution in [0.4, 0.5) is 4.79 Å². The summed E-state index contributed by atoms with van der Waals surface area (Å²) in [5, 5.41) is 4.65. The van der Waals surface area contributed by atoms with Gasteiger partial charge in [-0.15, -0.1) is 0 Å². The number of carbonyl (C=O) groups excluding carboxylic acids is 4. The van der Waals surface area contributed by atoms with Gasteiger partial charge in [0, 0.05) is 5.41 Å². The number of esters is 1. The first-order valence-corrected chi connectivity index (χ1v) is 9.76. The number of nitrogens with one attached hydrogen (secondary N) is 2. The zero-order valence-electron chi connectivity index (χ0n) is 16.0. The van der Waals surface area contributed by atoms with Crippen LogP contribution in [0.5, 0.6) is 0 Å². The van der Waals surface area contributed by atoms with Crippen LogP contribution in [0.3, 0.4) is 0 Å². The van der Waals surface area contributed by atoms with Crippen LogP contribution in [0.1, 0.15) is 52.4 Å². The molecule has 0 aromatic heterocycles. The summed E-state index contributed by atoms with van der Waals surface area (Å²) < 4.78 is 5.17. The molecule has 4 rings (SSSR count). The number of hydrogen-bond donors (Lipinski definition) is 3. The fourth-order valence-corrected chi connectivity index (χ4v) is 5.60. The highest BCUT2D eigenvalue weighted by Crippen LogP contribution is 2.60. The topological polar surface area (TPSA) is 128 Å². The van der Waals surface area contributed by atoms with E-state index in [1.165, 1.54) is 19.3 Å². The number of urea groups is 1. The second-order valence-corrected chi connectivity index (χ2v) is 8.89. The minimum Gasteiger partial charge on any atom is -0.451 e. The highest BCUT2D eigenvalue weighted by atomic mass is 16.5. The number of amides is 4. The van der Waals surface area contributed by atoms with Crippen molar-refractivity contribution in [3.8, 4) is 0 Å². The second kappa shape index (κ2) is 7.48. The average Bonchev–Trinajstić information content (AvgIpc) is 2.55. The third kappa shape index (κ3) is 4.25. The van der Waals surface area contributed by atoms with Crippen LogP contribution in [0.15, 0.2) is 0 Å². The number of rotatable bonds is 6. The van der Waals surface area contributed by atoms with E-state index in [2.05, 4.69) is 5.32 Å². The molecule has 0 saturated heterocycles. The molecule has 0 aromatic carbocycles. The van der Waals surface area contributed by atoms with Gasteiger partial charge in [-0.2, -0.15) is 0 Å². The minimum atomic E-state index is -1.14. The Kier molecular flexibility index (Phi) is 5.44. The number of hydrogen-bond acceptors (Lipinski definition) is 5. The van der Waals surface area contributed by atoms with E-state index >= 15 is 0 Å². The molecule has 4 amide bonds. The molecule has 8 heteroatoms. The van der Waals surface area contributed by atoms with Crippen LogP contribution in [0, 0.1) is 29.1 Å². The van der Waals surface area contributed by atoms with Gasteiger partial charge in [-0.1, -0.05) is 13.8 Å². The number of primary amides is 1. The number of carbonyl (C=O) groups is 4. The molecule has 4 fully saturated rings. The van der Waals surface area contributed by atoms with E-state index in [1.54, 1.807) is 13.8 Å². The first-order chi connectivity index (χ1) is 12.7. The Labute approximate surface area is 158 Å². The Morgan fingerprint density at radius 1 is 1.04 bits per heavy atom. The van der Waals surface area contributed by atoms with E-state index < -0.39 is 24.0 Å². The summed E-state index contributed by atoms with van der Waals surface area (Å²) in [4.78, 5) is 47.7. The molecule has 0 aliphatic heterocycles. The molecule has 0 radical (unpaired) electrons. The van der Waals surface area contributed by atoms with E-state index in [0.717, 1.165) is 19.3 Å². The van der Waals surface area contributed by atoms with E-state index in [9.17, 15) is 19.2 Å². The van der Waals surface area contributed by atoms with Crippen LogP contribution in [0.2, 0.25) is 0 Å². The molecule has 150 valence electrons. The lowest BCUT2D eigenvalue weighted by molar-refractivity contribution is -0.159. The van der Waals surface area contributed by atoms with Crippen molar-refractivity contribution in [2.75, 3.05) is 6.54 Å². The predicted octanol–water partition coefficient (Wildman–Crippen LogP) is 1.08. The maximum atomic E-state index is 12.8. The summed E-state index contributed by atoms with van der Waals surface area (Å²) in [6, 6.07) is -1.00. The standard InChI is InChI=1S/C19H29N3O5/c1-10(2)15(16(24)22-18(20)26)27-14(23)9-21-17(25)19-6-11-3-12(7-19)5-13(4-11)8-19/h10-13,15H,3-9H2,1-2H3,(H,21,25)(H3,20,22,24,26)/t11?,12?,13?,15-,19?/m1/s1. The lowest BCUT2D eigenvalue weighted by atomic mass is 9.49. The van der Waals surface area contributed by atoms with Crippen molar-refractivity contribution in [2.24, 2.45) is 34.8 Å². The van der Waals surface area contributed by atoms with Gasteiger partial charge >= 0.3 is 12.0 Å². The molecule has 4 bridgehead atoms. The van der Waals surface area contributed by atoms with Crippen LogP contribution >= 0.6 is 0 Å². The van der Waals surface area contributed by atoms with Gasteiger partial charge in [0.2, 0.25) is 5.91 Å². The smallest absolute Gasteiger partial charge is 0.326 e. The molecular weight excluding hydrogens is 350 g/mol. The number of nitrogens with two attached hydrogens (primary N) is 1. The largest absolute Gasteiger partial charge is 0.451 e. The summed E-state index contributed by atoms with van der Waals surface area (Å²) in [6.45, 7) is 3.09. The Hall–Kier alpha value is -2.12. The van der Waals surface area contributed by atoms with E-state index in [0.29, 0.717) is 17.8 Å². The third-order valence-electron chi connectivity index (χ3n) is 6.28. The van der Waals surface area contributed by atoms with Crippen molar-refractivity contribution in [1.82, 2.24) is 10.6 Å². The Bertz CT molecular complexity index is 610. The SMILES string of the molecule is CC(C)[C@@H](OC(=O)CNC(=O)C12CC3CC(CC(C3)C1)C2)C(=O)NC(N)=O. The van der Waals surface area contributed by atoms with Crippen LogP contribution in [-0.4, -0.2) is 36.5 Å². The van der Waals surface area contributed by atoms with Gasteiger partial charge in [-0.25, -0.2) is 4.79 Å². The van der Waals surface area contributed by atoms with Crippen LogP contribution in [0.25, 0.3) is 0 Å². The maximum Gasteiger partial charge on any atom is 0.326 e. The summed E-state index contributed by atoms with van der Waals surface area (Å²) in [7, 11) is 0. The molecule has 8 nitrogen and oxygen atoms in total. The summed E-state index contributed by atoms with van der Waals surface area (Å²) in [5.74, 6) is 0.0309. The molecule has 4 saturated carbocycles. The molecule has 0 heterocycles. The van der Waals surface area contributed by atoms with Crippen molar-refractivity contribution in [3.63, 3.8) is 0 Å². The molecule has 27 heavy (non-hydrogen) atoms. The normalized spacial score (nSPS) is 32.0. The predicted molar refractivity (Wildman–Crippen MR) is 96.1 cm³/mol. The van der Waals surface area contributed by atoms with Gasteiger partial charge in [-0.05, 0) is 62.2 Å².